The first-order chi connectivity index (χ1) is 5.93. The van der Waals surface area contributed by atoms with Gasteiger partial charge in [0.2, 0.25) is 0 Å². The molecule has 0 saturated heterocycles. The molecule has 0 aliphatic carbocycles. The van der Waals surface area contributed by atoms with Crippen molar-refractivity contribution in [1.82, 2.24) is 4.98 Å². The lowest BCUT2D eigenvalue weighted by atomic mass is 10.2. The molecule has 1 heterocycles. The molecule has 0 amide bonds. The number of aromatic nitrogens is 1. The number of rotatable bonds is 4. The first kappa shape index (κ1) is 8.94. The lowest BCUT2D eigenvalue weighted by Gasteiger charge is -1.92. The maximum atomic E-state index is 5.34. The zero-order valence-electron chi connectivity index (χ0n) is 7.11. The quantitative estimate of drug-likeness (QED) is 0.682. The molecule has 0 bridgehead atoms. The summed E-state index contributed by atoms with van der Waals surface area (Å²) < 4.78 is 0. The predicted molar refractivity (Wildman–Crippen MR) is 50.8 cm³/mol. The summed E-state index contributed by atoms with van der Waals surface area (Å²) in [7, 11) is 0. The van der Waals surface area contributed by atoms with Crippen LogP contribution in [0.1, 0.15) is 12.0 Å². The second-order valence-electron chi connectivity index (χ2n) is 2.61. The Balaban J connectivity index is 2.33. The highest BCUT2D eigenvalue weighted by molar-refractivity contribution is 5.12. The lowest BCUT2D eigenvalue weighted by Crippen LogP contribution is -1.95. The Kier molecular flexibility index (Phi) is 4.09. The van der Waals surface area contributed by atoms with Gasteiger partial charge in [-0.1, -0.05) is 18.2 Å². The second kappa shape index (κ2) is 5.49. The molecule has 0 unspecified atom stereocenters. The van der Waals surface area contributed by atoms with E-state index in [0.717, 1.165) is 19.4 Å². The van der Waals surface area contributed by atoms with Crippen molar-refractivity contribution in [3.63, 3.8) is 0 Å². The molecular weight excluding hydrogens is 148 g/mol. The van der Waals surface area contributed by atoms with E-state index in [1.807, 2.05) is 12.3 Å². The van der Waals surface area contributed by atoms with Gasteiger partial charge in [0.15, 0.2) is 0 Å². The highest BCUT2D eigenvalue weighted by Crippen LogP contribution is 1.97. The predicted octanol–water partition coefficient (Wildman–Crippen LogP) is 1.53. The summed E-state index contributed by atoms with van der Waals surface area (Å²) in [5.41, 5.74) is 6.59. The summed E-state index contributed by atoms with van der Waals surface area (Å²) in [6.07, 6.45) is 9.81. The molecule has 0 saturated carbocycles. The van der Waals surface area contributed by atoms with E-state index in [2.05, 4.69) is 23.2 Å². The highest BCUT2D eigenvalue weighted by Gasteiger charge is 1.85. The van der Waals surface area contributed by atoms with Crippen molar-refractivity contribution in [3.05, 3.63) is 42.2 Å². The van der Waals surface area contributed by atoms with Crippen molar-refractivity contribution < 1.29 is 0 Å². The van der Waals surface area contributed by atoms with Crippen molar-refractivity contribution in [2.75, 3.05) is 6.54 Å². The first-order valence-electron chi connectivity index (χ1n) is 4.17. The van der Waals surface area contributed by atoms with Crippen LogP contribution in [0.2, 0.25) is 0 Å². The minimum Gasteiger partial charge on any atom is -0.330 e. The summed E-state index contributed by atoms with van der Waals surface area (Å²) in [5, 5.41) is 0. The molecule has 0 aliphatic rings. The Morgan fingerprint density at radius 2 is 2.33 bits per heavy atom. The number of nitrogens with zero attached hydrogens (tertiary/aromatic N) is 1. The van der Waals surface area contributed by atoms with Crippen LogP contribution in [-0.2, 0) is 6.42 Å². The maximum Gasteiger partial charge on any atom is 0.0303 e. The molecule has 0 aliphatic heterocycles. The molecule has 12 heavy (non-hydrogen) atoms. The summed E-state index contributed by atoms with van der Waals surface area (Å²) in [4.78, 5) is 4.02. The van der Waals surface area contributed by atoms with Gasteiger partial charge in [0.1, 0.15) is 0 Å². The number of hydrogen-bond acceptors (Lipinski definition) is 2. The average molecular weight is 162 g/mol. The standard InChI is InChI=1S/C10H14N2/c11-7-3-1-2-5-10-6-4-8-12-9-10/h1-2,4,6,8-9H,3,5,7,11H2/b2-1+. The van der Waals surface area contributed by atoms with Gasteiger partial charge in [0.05, 0.1) is 0 Å². The van der Waals surface area contributed by atoms with Crippen LogP contribution in [0.3, 0.4) is 0 Å². The minimum absolute atomic E-state index is 0.726. The fourth-order valence-corrected chi connectivity index (χ4v) is 0.952. The molecule has 1 aromatic heterocycles. The van der Waals surface area contributed by atoms with Gasteiger partial charge in [0.25, 0.3) is 0 Å². The van der Waals surface area contributed by atoms with E-state index in [0.29, 0.717) is 0 Å². The second-order valence-corrected chi connectivity index (χ2v) is 2.61. The Morgan fingerprint density at radius 1 is 1.42 bits per heavy atom. The lowest BCUT2D eigenvalue weighted by molar-refractivity contribution is 1.00. The van der Waals surface area contributed by atoms with Gasteiger partial charge < -0.3 is 5.73 Å². The van der Waals surface area contributed by atoms with Crippen molar-refractivity contribution in [2.45, 2.75) is 12.8 Å². The maximum absolute atomic E-state index is 5.34. The normalized spacial score (nSPS) is 10.8. The molecule has 2 heteroatoms. The molecule has 2 nitrogen and oxygen atoms in total. The SMILES string of the molecule is NCC/C=C/Cc1cccnc1. The van der Waals surface area contributed by atoms with Crippen LogP contribution in [0.4, 0.5) is 0 Å². The van der Waals surface area contributed by atoms with E-state index in [-0.39, 0.29) is 0 Å². The minimum atomic E-state index is 0.726. The van der Waals surface area contributed by atoms with Crippen LogP contribution >= 0.6 is 0 Å². The van der Waals surface area contributed by atoms with Crippen LogP contribution in [-0.4, -0.2) is 11.5 Å². The van der Waals surface area contributed by atoms with Crippen LogP contribution in [0.25, 0.3) is 0 Å². The topological polar surface area (TPSA) is 38.9 Å². The van der Waals surface area contributed by atoms with Crippen molar-refractivity contribution in [3.8, 4) is 0 Å². The first-order valence-corrected chi connectivity index (χ1v) is 4.17. The smallest absolute Gasteiger partial charge is 0.0303 e. The number of nitrogens with two attached hydrogens (primary N) is 1. The third-order valence-corrected chi connectivity index (χ3v) is 1.58. The van der Waals surface area contributed by atoms with Crippen molar-refractivity contribution >= 4 is 0 Å². The fourth-order valence-electron chi connectivity index (χ4n) is 0.952. The van der Waals surface area contributed by atoms with Crippen LogP contribution < -0.4 is 5.73 Å². The van der Waals surface area contributed by atoms with Crippen molar-refractivity contribution in [2.24, 2.45) is 5.73 Å². The zero-order valence-corrected chi connectivity index (χ0v) is 7.11. The molecule has 1 rings (SSSR count). The van der Waals surface area contributed by atoms with E-state index in [9.17, 15) is 0 Å². The summed E-state index contributed by atoms with van der Waals surface area (Å²) in [5.74, 6) is 0. The fraction of sp³-hybridized carbons (Fsp3) is 0.300. The average Bonchev–Trinajstić information content (AvgIpc) is 2.14. The van der Waals surface area contributed by atoms with E-state index in [1.165, 1.54) is 5.56 Å². The Bertz CT molecular complexity index is 229. The van der Waals surface area contributed by atoms with Gasteiger partial charge in [0, 0.05) is 12.4 Å². The van der Waals surface area contributed by atoms with E-state index >= 15 is 0 Å². The Hall–Kier alpha value is -1.15. The van der Waals surface area contributed by atoms with Gasteiger partial charge in [-0.2, -0.15) is 0 Å². The van der Waals surface area contributed by atoms with Gasteiger partial charge in [-0.25, -0.2) is 0 Å². The van der Waals surface area contributed by atoms with Crippen LogP contribution in [0.5, 0.6) is 0 Å². The molecule has 0 aromatic carbocycles. The zero-order chi connectivity index (χ0) is 8.65. The Labute approximate surface area is 73.1 Å². The monoisotopic (exact) mass is 162 g/mol. The number of hydrogen-bond donors (Lipinski definition) is 1. The van der Waals surface area contributed by atoms with Crippen LogP contribution in [0.15, 0.2) is 36.7 Å². The largest absolute Gasteiger partial charge is 0.330 e. The third-order valence-electron chi connectivity index (χ3n) is 1.58. The van der Waals surface area contributed by atoms with Crippen LogP contribution in [0, 0.1) is 0 Å². The molecule has 2 N–H and O–H groups in total. The van der Waals surface area contributed by atoms with Gasteiger partial charge in [-0.3, -0.25) is 4.98 Å². The van der Waals surface area contributed by atoms with Gasteiger partial charge in [-0.15, -0.1) is 0 Å². The summed E-state index contributed by atoms with van der Waals surface area (Å²) >= 11 is 0. The summed E-state index contributed by atoms with van der Waals surface area (Å²) in [6.45, 7) is 0.726. The van der Waals surface area contributed by atoms with E-state index < -0.39 is 0 Å². The molecule has 1 aromatic rings. The van der Waals surface area contributed by atoms with Crippen molar-refractivity contribution in [1.29, 1.82) is 0 Å². The summed E-state index contributed by atoms with van der Waals surface area (Å²) in [6, 6.07) is 4.02. The molecule has 0 spiro atoms. The molecule has 0 radical (unpaired) electrons. The van der Waals surface area contributed by atoms with Gasteiger partial charge in [-0.05, 0) is 31.0 Å². The number of pyridine rings is 1. The van der Waals surface area contributed by atoms with E-state index in [1.54, 1.807) is 6.20 Å². The molecule has 0 fully saturated rings. The Morgan fingerprint density at radius 3 is 3.00 bits per heavy atom. The molecular formula is C10H14N2. The van der Waals surface area contributed by atoms with Gasteiger partial charge >= 0.3 is 0 Å². The highest BCUT2D eigenvalue weighted by atomic mass is 14.6. The molecule has 64 valence electrons. The van der Waals surface area contributed by atoms with E-state index in [4.69, 9.17) is 5.73 Å². The third kappa shape index (κ3) is 3.30. The number of allylic oxidation sites excluding steroid dienone is 1. The molecule has 0 atom stereocenters.